The molecule has 3 aromatic rings. The van der Waals surface area contributed by atoms with E-state index < -0.39 is 5.97 Å². The molecule has 0 amide bonds. The van der Waals surface area contributed by atoms with Crippen LogP contribution in [-0.2, 0) is 13.0 Å². The first kappa shape index (κ1) is 19.0. The van der Waals surface area contributed by atoms with E-state index in [0.29, 0.717) is 24.2 Å². The van der Waals surface area contributed by atoms with Crippen LogP contribution >= 0.6 is 0 Å². The number of benzene rings is 2. The summed E-state index contributed by atoms with van der Waals surface area (Å²) in [5.41, 5.74) is 1.87. The van der Waals surface area contributed by atoms with Gasteiger partial charge in [-0.1, -0.05) is 6.07 Å². The molecule has 7 heteroatoms. The van der Waals surface area contributed by atoms with Crippen molar-refractivity contribution in [3.8, 4) is 17.2 Å². The maximum absolute atomic E-state index is 11.4. The molecular formula is C21H20N2O5. The number of hydrogen-bond donors (Lipinski definition) is 4. The predicted octanol–water partition coefficient (Wildman–Crippen LogP) is 3.15. The number of phenolic OH excluding ortho intramolecular Hbond substituents is 2. The van der Waals surface area contributed by atoms with Crippen molar-refractivity contribution < 1.29 is 25.2 Å². The fourth-order valence-corrected chi connectivity index (χ4v) is 2.91. The summed E-state index contributed by atoms with van der Waals surface area (Å²) < 4.78 is 0. The van der Waals surface area contributed by atoms with Crippen molar-refractivity contribution in [2.45, 2.75) is 13.0 Å². The van der Waals surface area contributed by atoms with Gasteiger partial charge in [0.05, 0.1) is 0 Å². The Balaban J connectivity index is 1.92. The minimum absolute atomic E-state index is 0.0249. The second-order valence-corrected chi connectivity index (χ2v) is 6.35. The van der Waals surface area contributed by atoms with Gasteiger partial charge in [0.2, 0.25) is 0 Å². The zero-order valence-corrected chi connectivity index (χ0v) is 15.0. The highest BCUT2D eigenvalue weighted by Crippen LogP contribution is 2.29. The average Bonchev–Trinajstić information content (AvgIpc) is 2.69. The van der Waals surface area contributed by atoms with Gasteiger partial charge in [0.25, 0.3) is 0 Å². The molecule has 0 aliphatic rings. The molecule has 4 N–H and O–H groups in total. The SMILES string of the molecule is O=C(O)c1cc(N(CCc2cccnc2)Cc2cc(O)ccc2O)ccc1O. The van der Waals surface area contributed by atoms with E-state index in [-0.39, 0.29) is 29.4 Å². The summed E-state index contributed by atoms with van der Waals surface area (Å²) in [6.07, 6.45) is 4.07. The van der Waals surface area contributed by atoms with E-state index in [0.717, 1.165) is 5.56 Å². The number of anilines is 1. The highest BCUT2D eigenvalue weighted by molar-refractivity contribution is 5.92. The number of aromatic hydroxyl groups is 3. The monoisotopic (exact) mass is 380 g/mol. The topological polar surface area (TPSA) is 114 Å². The maximum atomic E-state index is 11.4. The van der Waals surface area contributed by atoms with Gasteiger partial charge in [-0.2, -0.15) is 0 Å². The Labute approximate surface area is 161 Å². The molecule has 1 heterocycles. The Morgan fingerprint density at radius 2 is 1.79 bits per heavy atom. The molecule has 0 unspecified atom stereocenters. The minimum atomic E-state index is -1.23. The lowest BCUT2D eigenvalue weighted by Crippen LogP contribution is -2.25. The van der Waals surface area contributed by atoms with Crippen molar-refractivity contribution in [3.05, 3.63) is 77.6 Å². The molecule has 0 fully saturated rings. The number of aromatic carboxylic acids is 1. The van der Waals surface area contributed by atoms with Crippen LogP contribution in [0.1, 0.15) is 21.5 Å². The maximum Gasteiger partial charge on any atom is 0.339 e. The Morgan fingerprint density at radius 3 is 2.50 bits per heavy atom. The van der Waals surface area contributed by atoms with Gasteiger partial charge in [0, 0.05) is 36.7 Å². The number of carboxylic acids is 1. The van der Waals surface area contributed by atoms with E-state index in [4.69, 9.17) is 0 Å². The van der Waals surface area contributed by atoms with Gasteiger partial charge < -0.3 is 25.3 Å². The Kier molecular flexibility index (Phi) is 5.64. The molecule has 3 rings (SSSR count). The number of phenols is 3. The molecule has 0 atom stereocenters. The number of pyridine rings is 1. The molecule has 144 valence electrons. The van der Waals surface area contributed by atoms with Gasteiger partial charge in [-0.25, -0.2) is 4.79 Å². The summed E-state index contributed by atoms with van der Waals surface area (Å²) in [6, 6.07) is 12.4. The van der Waals surface area contributed by atoms with Crippen molar-refractivity contribution in [2.24, 2.45) is 0 Å². The van der Waals surface area contributed by atoms with Gasteiger partial charge in [-0.15, -0.1) is 0 Å². The molecule has 28 heavy (non-hydrogen) atoms. The van der Waals surface area contributed by atoms with Crippen molar-refractivity contribution in [2.75, 3.05) is 11.4 Å². The standard InChI is InChI=1S/C21H20N2O5/c24-17-4-6-19(25)15(10-17)13-23(9-7-14-2-1-8-22-12-14)16-3-5-20(26)18(11-16)21(27)28/h1-6,8,10-12,24-26H,7,9,13H2,(H,27,28). The second-order valence-electron chi connectivity index (χ2n) is 6.35. The highest BCUT2D eigenvalue weighted by atomic mass is 16.4. The zero-order chi connectivity index (χ0) is 20.1. The molecule has 0 saturated carbocycles. The van der Waals surface area contributed by atoms with Gasteiger partial charge in [-0.05, 0) is 54.4 Å². The van der Waals surface area contributed by atoms with E-state index in [9.17, 15) is 25.2 Å². The molecule has 0 saturated heterocycles. The van der Waals surface area contributed by atoms with E-state index >= 15 is 0 Å². The predicted molar refractivity (Wildman–Crippen MR) is 104 cm³/mol. The Morgan fingerprint density at radius 1 is 1.00 bits per heavy atom. The summed E-state index contributed by atoms with van der Waals surface area (Å²) in [5, 5.41) is 38.9. The van der Waals surface area contributed by atoms with Crippen molar-refractivity contribution >= 4 is 11.7 Å². The molecule has 2 aromatic carbocycles. The first-order chi connectivity index (χ1) is 13.4. The van der Waals surface area contributed by atoms with Crippen LogP contribution in [0.4, 0.5) is 5.69 Å². The van der Waals surface area contributed by atoms with Crippen LogP contribution in [-0.4, -0.2) is 37.9 Å². The van der Waals surface area contributed by atoms with Crippen LogP contribution in [0.5, 0.6) is 17.2 Å². The number of rotatable bonds is 7. The number of hydrogen-bond acceptors (Lipinski definition) is 6. The largest absolute Gasteiger partial charge is 0.508 e. The van der Waals surface area contributed by atoms with Gasteiger partial charge in [0.15, 0.2) is 0 Å². The van der Waals surface area contributed by atoms with Crippen LogP contribution in [0.2, 0.25) is 0 Å². The number of carboxylic acid groups (broad SMARTS) is 1. The fraction of sp³-hybridized carbons (Fsp3) is 0.143. The summed E-state index contributed by atoms with van der Waals surface area (Å²) >= 11 is 0. The summed E-state index contributed by atoms with van der Waals surface area (Å²) in [7, 11) is 0. The van der Waals surface area contributed by atoms with Gasteiger partial charge >= 0.3 is 5.97 Å². The van der Waals surface area contributed by atoms with Crippen LogP contribution in [0.3, 0.4) is 0 Å². The lowest BCUT2D eigenvalue weighted by atomic mass is 10.1. The summed E-state index contributed by atoms with van der Waals surface area (Å²) in [4.78, 5) is 17.3. The van der Waals surface area contributed by atoms with E-state index in [1.54, 1.807) is 18.5 Å². The lowest BCUT2D eigenvalue weighted by molar-refractivity contribution is 0.0693. The first-order valence-corrected chi connectivity index (χ1v) is 8.65. The normalized spacial score (nSPS) is 10.6. The fourth-order valence-electron chi connectivity index (χ4n) is 2.91. The van der Waals surface area contributed by atoms with E-state index in [2.05, 4.69) is 4.98 Å². The van der Waals surface area contributed by atoms with Crippen LogP contribution in [0.15, 0.2) is 60.9 Å². The van der Waals surface area contributed by atoms with E-state index in [1.165, 1.54) is 30.3 Å². The van der Waals surface area contributed by atoms with Crippen molar-refractivity contribution in [1.29, 1.82) is 0 Å². The smallest absolute Gasteiger partial charge is 0.339 e. The molecule has 0 radical (unpaired) electrons. The lowest BCUT2D eigenvalue weighted by Gasteiger charge is -2.26. The molecule has 7 nitrogen and oxygen atoms in total. The van der Waals surface area contributed by atoms with Crippen LogP contribution < -0.4 is 4.90 Å². The Hall–Kier alpha value is -3.74. The zero-order valence-electron chi connectivity index (χ0n) is 15.0. The third-order valence-corrected chi connectivity index (χ3v) is 4.39. The molecular weight excluding hydrogens is 360 g/mol. The number of nitrogens with zero attached hydrogens (tertiary/aromatic N) is 2. The molecule has 0 spiro atoms. The molecule has 1 aromatic heterocycles. The third kappa shape index (κ3) is 4.50. The summed E-state index contributed by atoms with van der Waals surface area (Å²) in [6.45, 7) is 0.745. The molecule has 0 aliphatic heterocycles. The number of carbonyl (C=O) groups is 1. The second kappa shape index (κ2) is 8.30. The minimum Gasteiger partial charge on any atom is -0.508 e. The van der Waals surface area contributed by atoms with E-state index in [1.807, 2.05) is 17.0 Å². The molecule has 0 aliphatic carbocycles. The average molecular weight is 380 g/mol. The van der Waals surface area contributed by atoms with Gasteiger partial charge in [-0.3, -0.25) is 4.98 Å². The third-order valence-electron chi connectivity index (χ3n) is 4.39. The highest BCUT2D eigenvalue weighted by Gasteiger charge is 2.16. The first-order valence-electron chi connectivity index (χ1n) is 8.65. The molecule has 0 bridgehead atoms. The van der Waals surface area contributed by atoms with Gasteiger partial charge in [0.1, 0.15) is 22.8 Å². The van der Waals surface area contributed by atoms with Crippen LogP contribution in [0, 0.1) is 0 Å². The quantitative estimate of drug-likeness (QED) is 0.466. The Bertz CT molecular complexity index is 976. The van der Waals surface area contributed by atoms with Crippen molar-refractivity contribution in [3.63, 3.8) is 0 Å². The van der Waals surface area contributed by atoms with Crippen molar-refractivity contribution in [1.82, 2.24) is 4.98 Å². The number of aromatic nitrogens is 1. The summed E-state index contributed by atoms with van der Waals surface area (Å²) in [5.74, 6) is -1.49. The van der Waals surface area contributed by atoms with Crippen LogP contribution in [0.25, 0.3) is 0 Å².